The predicted molar refractivity (Wildman–Crippen MR) is 90.3 cm³/mol. The molecule has 1 N–H and O–H groups in total. The maximum Gasteiger partial charge on any atom is 0.246 e. The molecule has 0 heterocycles. The van der Waals surface area contributed by atoms with Gasteiger partial charge in [-0.1, -0.05) is 0 Å². The van der Waals surface area contributed by atoms with Crippen molar-refractivity contribution in [2.24, 2.45) is 0 Å². The first-order valence-corrected chi connectivity index (χ1v) is 6.44. The van der Waals surface area contributed by atoms with Crippen molar-refractivity contribution in [3.63, 3.8) is 0 Å². The highest BCUT2D eigenvalue weighted by Gasteiger charge is 2.04. The highest BCUT2D eigenvalue weighted by atomic mass is 79.9. The molecule has 101 valence electrons. The van der Waals surface area contributed by atoms with Crippen LogP contribution in [0.5, 0.6) is 5.75 Å². The van der Waals surface area contributed by atoms with Crippen LogP contribution in [0.25, 0.3) is 0 Å². The molecule has 3 radical (unpaired) electrons. The minimum Gasteiger partial charge on any atom is -0.507 e. The molecule has 0 aliphatic heterocycles. The van der Waals surface area contributed by atoms with Crippen LogP contribution in [0.15, 0.2) is 25.6 Å². The first-order chi connectivity index (χ1) is 6.54. The molecule has 0 aliphatic rings. The van der Waals surface area contributed by atoms with Gasteiger partial charge in [0.05, 0.1) is 4.47 Å². The van der Waals surface area contributed by atoms with Crippen LogP contribution in [0.2, 0.25) is 0 Å². The highest BCUT2D eigenvalue weighted by Crippen LogP contribution is 2.36. The summed E-state index contributed by atoms with van der Waals surface area (Å²) in [4.78, 5) is 0. The lowest BCUT2D eigenvalue weighted by molar-refractivity contribution is 0.375. The maximum atomic E-state index is 9.13. The lowest BCUT2D eigenvalue weighted by atomic mass is 10.3. The second-order valence-electron chi connectivity index (χ2n) is 2.13. The topological polar surface area (TPSA) is 29.5 Å². The monoisotopic (exact) mass is 509 g/mol. The van der Waals surface area contributed by atoms with Crippen molar-refractivity contribution in [3.8, 4) is 5.75 Å². The SMILES string of the molecule is CCO[Si].Cl.Cl.Cl.Oc1ccc(Br)c(Br)c1Br. The normalized spacial score (nSPS) is 7.59. The van der Waals surface area contributed by atoms with Crippen molar-refractivity contribution in [1.82, 2.24) is 0 Å². The molecule has 0 spiro atoms. The van der Waals surface area contributed by atoms with Crippen LogP contribution in [-0.2, 0) is 4.43 Å². The van der Waals surface area contributed by atoms with E-state index >= 15 is 0 Å². The molecule has 2 nitrogen and oxygen atoms in total. The Hall–Kier alpha value is 1.51. The Morgan fingerprint density at radius 1 is 1.12 bits per heavy atom. The Morgan fingerprint density at radius 3 is 1.82 bits per heavy atom. The molecule has 1 aromatic rings. The van der Waals surface area contributed by atoms with Crippen LogP contribution in [0.1, 0.15) is 6.92 Å². The van der Waals surface area contributed by atoms with Gasteiger partial charge in [0.2, 0.25) is 10.5 Å². The van der Waals surface area contributed by atoms with Crippen LogP contribution < -0.4 is 0 Å². The zero-order valence-corrected chi connectivity index (χ0v) is 16.8. The molecule has 0 bridgehead atoms. The molecule has 17 heavy (non-hydrogen) atoms. The Kier molecular flexibility index (Phi) is 24.7. The van der Waals surface area contributed by atoms with E-state index in [0.717, 1.165) is 15.6 Å². The van der Waals surface area contributed by atoms with Crippen LogP contribution in [0, 0.1) is 0 Å². The van der Waals surface area contributed by atoms with E-state index in [1.54, 1.807) is 12.1 Å². The quantitative estimate of drug-likeness (QED) is 0.421. The van der Waals surface area contributed by atoms with Crippen molar-refractivity contribution in [2.75, 3.05) is 6.61 Å². The Balaban J connectivity index is -0.000000108. The summed E-state index contributed by atoms with van der Waals surface area (Å²) in [5, 5.41) is 9.13. The molecule has 0 atom stereocenters. The Bertz CT molecular complexity index is 277. The number of phenolic OH excluding ortho intramolecular Hbond substituents is 1. The Labute approximate surface area is 148 Å². The summed E-state index contributed by atoms with van der Waals surface area (Å²) in [7, 11) is 2.79. The summed E-state index contributed by atoms with van der Waals surface area (Å²) in [5.41, 5.74) is 0. The third-order valence-corrected chi connectivity index (χ3v) is 4.80. The summed E-state index contributed by atoms with van der Waals surface area (Å²) in [5.74, 6) is 0.232. The number of hydrogen-bond donors (Lipinski definition) is 1. The number of benzene rings is 1. The van der Waals surface area contributed by atoms with E-state index in [4.69, 9.17) is 5.11 Å². The number of halogens is 6. The van der Waals surface area contributed by atoms with Crippen LogP contribution in [0.4, 0.5) is 0 Å². The van der Waals surface area contributed by atoms with Gasteiger partial charge in [-0.2, -0.15) is 0 Å². The van der Waals surface area contributed by atoms with Gasteiger partial charge >= 0.3 is 0 Å². The fourth-order valence-corrected chi connectivity index (χ4v) is 1.79. The molecule has 0 unspecified atom stereocenters. The van der Waals surface area contributed by atoms with E-state index in [-0.39, 0.29) is 43.0 Å². The third kappa shape index (κ3) is 11.1. The fraction of sp³-hybridized carbons (Fsp3) is 0.250. The molecule has 0 fully saturated rings. The number of phenols is 1. The smallest absolute Gasteiger partial charge is 0.246 e. The molecule has 0 aliphatic carbocycles. The van der Waals surface area contributed by atoms with Crippen molar-refractivity contribution in [3.05, 3.63) is 25.6 Å². The molecular weight excluding hydrogens is 502 g/mol. The molecular formula is C8H11Br3Cl3O2Si. The van der Waals surface area contributed by atoms with Gasteiger partial charge in [-0.05, 0) is 66.8 Å². The van der Waals surface area contributed by atoms with Crippen molar-refractivity contribution in [1.29, 1.82) is 0 Å². The van der Waals surface area contributed by atoms with Crippen LogP contribution in [0.3, 0.4) is 0 Å². The lowest BCUT2D eigenvalue weighted by Gasteiger charge is -2.00. The van der Waals surface area contributed by atoms with Crippen molar-refractivity contribution in [2.45, 2.75) is 6.92 Å². The largest absolute Gasteiger partial charge is 0.507 e. The van der Waals surface area contributed by atoms with Gasteiger partial charge in [0.25, 0.3) is 0 Å². The van der Waals surface area contributed by atoms with Gasteiger partial charge < -0.3 is 9.53 Å². The van der Waals surface area contributed by atoms with Gasteiger partial charge in [-0.3, -0.25) is 0 Å². The third-order valence-electron chi connectivity index (χ3n) is 1.16. The molecule has 0 aromatic heterocycles. The molecule has 1 aromatic carbocycles. The summed E-state index contributed by atoms with van der Waals surface area (Å²) >= 11 is 9.77. The molecule has 0 saturated heterocycles. The van der Waals surface area contributed by atoms with Crippen molar-refractivity contribution >= 4 is 95.5 Å². The first-order valence-electron chi connectivity index (χ1n) is 3.65. The average molecular weight is 513 g/mol. The van der Waals surface area contributed by atoms with E-state index in [0.29, 0.717) is 4.47 Å². The van der Waals surface area contributed by atoms with Gasteiger partial charge in [0.1, 0.15) is 5.75 Å². The molecule has 1 rings (SSSR count). The van der Waals surface area contributed by atoms with Gasteiger partial charge in [0, 0.05) is 15.6 Å². The molecule has 0 saturated carbocycles. The minimum absolute atomic E-state index is 0. The summed E-state index contributed by atoms with van der Waals surface area (Å²) < 4.78 is 6.76. The second kappa shape index (κ2) is 15.6. The van der Waals surface area contributed by atoms with E-state index in [2.05, 4.69) is 62.7 Å². The molecule has 9 heteroatoms. The number of hydrogen-bond acceptors (Lipinski definition) is 2. The van der Waals surface area contributed by atoms with Crippen molar-refractivity contribution < 1.29 is 9.53 Å². The standard InChI is InChI=1S/C6H3Br3O.C2H5OSi.3ClH/c7-3-1-2-4(10)6(9)5(3)8;1-2-3-4;;;/h1-2,10H;2H2,1H3;3*1H. The van der Waals surface area contributed by atoms with E-state index in [1.165, 1.54) is 0 Å². The average Bonchev–Trinajstić information content (AvgIpc) is 2.21. The number of aromatic hydroxyl groups is 1. The lowest BCUT2D eigenvalue weighted by Crippen LogP contribution is -1.76. The predicted octanol–water partition coefficient (Wildman–Crippen LogP) is 5.05. The summed E-state index contributed by atoms with van der Waals surface area (Å²) in [6, 6.07) is 3.38. The summed E-state index contributed by atoms with van der Waals surface area (Å²) in [6.07, 6.45) is 0. The van der Waals surface area contributed by atoms with Gasteiger partial charge in [-0.25, -0.2) is 0 Å². The molecule has 0 amide bonds. The zero-order chi connectivity index (χ0) is 11.1. The summed E-state index contributed by atoms with van der Waals surface area (Å²) in [6.45, 7) is 2.64. The highest BCUT2D eigenvalue weighted by molar-refractivity contribution is 9.14. The Morgan fingerprint density at radius 2 is 1.53 bits per heavy atom. The fourth-order valence-electron chi connectivity index (χ4n) is 0.516. The van der Waals surface area contributed by atoms with E-state index in [1.807, 2.05) is 6.92 Å². The van der Waals surface area contributed by atoms with E-state index in [9.17, 15) is 0 Å². The van der Waals surface area contributed by atoms with Gasteiger partial charge in [0.15, 0.2) is 0 Å². The maximum absolute atomic E-state index is 9.13. The van der Waals surface area contributed by atoms with E-state index < -0.39 is 0 Å². The van der Waals surface area contributed by atoms with Crippen LogP contribution >= 0.6 is 85.0 Å². The number of rotatable bonds is 1. The first kappa shape index (κ1) is 27.0. The van der Waals surface area contributed by atoms with Gasteiger partial charge in [-0.15, -0.1) is 37.2 Å². The zero-order valence-electron chi connectivity index (χ0n) is 8.58. The van der Waals surface area contributed by atoms with Crippen LogP contribution in [-0.4, -0.2) is 22.2 Å². The minimum atomic E-state index is 0. The second-order valence-corrected chi connectivity index (χ2v) is 4.86.